The SMILES string of the molecule is Cc1ccc(NC(=O)[C@H](COCc2ccccc2)NC(=O)OC(C)(C)C)cc1. The minimum absolute atomic E-state index is 0.0197. The highest BCUT2D eigenvalue weighted by atomic mass is 16.6. The van der Waals surface area contributed by atoms with E-state index >= 15 is 0 Å². The topological polar surface area (TPSA) is 76.7 Å². The van der Waals surface area contributed by atoms with E-state index in [-0.39, 0.29) is 12.5 Å². The number of rotatable bonds is 7. The number of alkyl carbamates (subject to hydrolysis) is 1. The van der Waals surface area contributed by atoms with Crippen LogP contribution in [0.15, 0.2) is 54.6 Å². The maximum absolute atomic E-state index is 12.7. The molecule has 0 aliphatic heterocycles. The number of anilines is 1. The van der Waals surface area contributed by atoms with Crippen molar-refractivity contribution in [2.75, 3.05) is 11.9 Å². The van der Waals surface area contributed by atoms with E-state index in [0.29, 0.717) is 12.3 Å². The number of benzene rings is 2. The molecule has 0 saturated heterocycles. The van der Waals surface area contributed by atoms with Crippen molar-refractivity contribution in [1.82, 2.24) is 5.32 Å². The van der Waals surface area contributed by atoms with E-state index in [9.17, 15) is 9.59 Å². The summed E-state index contributed by atoms with van der Waals surface area (Å²) in [6, 6.07) is 16.1. The Kier molecular flexibility index (Phi) is 7.58. The van der Waals surface area contributed by atoms with Crippen LogP contribution >= 0.6 is 0 Å². The van der Waals surface area contributed by atoms with E-state index in [2.05, 4.69) is 10.6 Å². The zero-order valence-electron chi connectivity index (χ0n) is 16.8. The summed E-state index contributed by atoms with van der Waals surface area (Å²) in [4.78, 5) is 24.8. The summed E-state index contributed by atoms with van der Waals surface area (Å²) in [5.74, 6) is -0.372. The van der Waals surface area contributed by atoms with E-state index in [4.69, 9.17) is 9.47 Å². The van der Waals surface area contributed by atoms with Crippen molar-refractivity contribution >= 4 is 17.7 Å². The van der Waals surface area contributed by atoms with Crippen molar-refractivity contribution in [3.8, 4) is 0 Å². The highest BCUT2D eigenvalue weighted by Gasteiger charge is 2.24. The number of hydrogen-bond donors (Lipinski definition) is 2. The average Bonchev–Trinajstić information content (AvgIpc) is 2.62. The van der Waals surface area contributed by atoms with Gasteiger partial charge in [-0.25, -0.2) is 4.79 Å². The molecule has 0 saturated carbocycles. The van der Waals surface area contributed by atoms with Crippen LogP contribution in [0.3, 0.4) is 0 Å². The third-order valence-corrected chi connectivity index (χ3v) is 3.72. The lowest BCUT2D eigenvalue weighted by atomic mass is 10.2. The number of amides is 2. The summed E-state index contributed by atoms with van der Waals surface area (Å²) in [6.07, 6.45) is -0.667. The van der Waals surface area contributed by atoms with E-state index < -0.39 is 17.7 Å². The molecule has 2 N–H and O–H groups in total. The van der Waals surface area contributed by atoms with Gasteiger partial charge in [0.25, 0.3) is 0 Å². The quantitative estimate of drug-likeness (QED) is 0.755. The highest BCUT2D eigenvalue weighted by Crippen LogP contribution is 2.11. The smallest absolute Gasteiger partial charge is 0.408 e. The molecule has 0 heterocycles. The third-order valence-electron chi connectivity index (χ3n) is 3.72. The van der Waals surface area contributed by atoms with Gasteiger partial charge in [-0.1, -0.05) is 48.0 Å². The van der Waals surface area contributed by atoms with Gasteiger partial charge in [-0.2, -0.15) is 0 Å². The minimum Gasteiger partial charge on any atom is -0.444 e. The van der Waals surface area contributed by atoms with Gasteiger partial charge in [0.2, 0.25) is 5.91 Å². The van der Waals surface area contributed by atoms with Crippen molar-refractivity contribution < 1.29 is 19.1 Å². The van der Waals surface area contributed by atoms with Crippen molar-refractivity contribution in [2.45, 2.75) is 45.9 Å². The number of nitrogens with one attached hydrogen (secondary N) is 2. The Hall–Kier alpha value is -2.86. The molecule has 0 radical (unpaired) electrons. The van der Waals surface area contributed by atoms with Gasteiger partial charge in [0.1, 0.15) is 11.6 Å². The first-order valence-corrected chi connectivity index (χ1v) is 9.22. The Morgan fingerprint density at radius 1 is 1.00 bits per heavy atom. The van der Waals surface area contributed by atoms with Crippen LogP contribution in [0.4, 0.5) is 10.5 Å². The molecule has 6 heteroatoms. The molecule has 2 aromatic rings. The van der Waals surface area contributed by atoms with Crippen molar-refractivity contribution in [3.05, 3.63) is 65.7 Å². The maximum atomic E-state index is 12.7. The normalized spacial score (nSPS) is 12.1. The zero-order chi connectivity index (χ0) is 20.6. The summed E-state index contributed by atoms with van der Waals surface area (Å²) < 4.78 is 10.9. The monoisotopic (exact) mass is 384 g/mol. The summed E-state index contributed by atoms with van der Waals surface area (Å²) in [5, 5.41) is 5.39. The molecule has 2 rings (SSSR count). The molecule has 0 bridgehead atoms. The molecule has 0 unspecified atom stereocenters. The third kappa shape index (κ3) is 7.80. The van der Waals surface area contributed by atoms with Crippen LogP contribution in [0.1, 0.15) is 31.9 Å². The molecule has 6 nitrogen and oxygen atoms in total. The number of aryl methyl sites for hydroxylation is 1. The van der Waals surface area contributed by atoms with Crippen LogP contribution in [0, 0.1) is 6.92 Å². The largest absolute Gasteiger partial charge is 0.444 e. The number of carbonyl (C=O) groups is 2. The van der Waals surface area contributed by atoms with Gasteiger partial charge in [-0.3, -0.25) is 4.79 Å². The lowest BCUT2D eigenvalue weighted by molar-refractivity contribution is -0.119. The molecule has 0 aliphatic rings. The lowest BCUT2D eigenvalue weighted by Crippen LogP contribution is -2.48. The standard InChI is InChI=1S/C22H28N2O4/c1-16-10-12-18(13-11-16)23-20(25)19(24-21(26)28-22(2,3)4)15-27-14-17-8-6-5-7-9-17/h5-13,19H,14-15H2,1-4H3,(H,23,25)(H,24,26)/t19-/m0/s1. The fourth-order valence-corrected chi connectivity index (χ4v) is 2.37. The van der Waals surface area contributed by atoms with Gasteiger partial charge < -0.3 is 20.1 Å². The molecule has 2 aromatic carbocycles. The summed E-state index contributed by atoms with van der Waals surface area (Å²) >= 11 is 0. The van der Waals surface area contributed by atoms with Crippen LogP contribution in [-0.2, 0) is 20.9 Å². The van der Waals surface area contributed by atoms with Gasteiger partial charge in [0.05, 0.1) is 13.2 Å². The van der Waals surface area contributed by atoms with Crippen LogP contribution < -0.4 is 10.6 Å². The maximum Gasteiger partial charge on any atom is 0.408 e. The zero-order valence-corrected chi connectivity index (χ0v) is 16.8. The fourth-order valence-electron chi connectivity index (χ4n) is 2.37. The van der Waals surface area contributed by atoms with Crippen molar-refractivity contribution in [2.24, 2.45) is 0 Å². The van der Waals surface area contributed by atoms with E-state index in [1.165, 1.54) is 0 Å². The predicted octanol–water partition coefficient (Wildman–Crippen LogP) is 4.04. The second-order valence-corrected chi connectivity index (χ2v) is 7.55. The molecular formula is C22H28N2O4. The number of carbonyl (C=O) groups excluding carboxylic acids is 2. The highest BCUT2D eigenvalue weighted by molar-refractivity contribution is 5.96. The van der Waals surface area contributed by atoms with Crippen LogP contribution in [0.25, 0.3) is 0 Å². The van der Waals surface area contributed by atoms with E-state index in [1.807, 2.05) is 61.5 Å². The molecule has 0 aliphatic carbocycles. The lowest BCUT2D eigenvalue weighted by Gasteiger charge is -2.23. The number of hydrogen-bond acceptors (Lipinski definition) is 4. The summed E-state index contributed by atoms with van der Waals surface area (Å²) in [7, 11) is 0. The van der Waals surface area contributed by atoms with E-state index in [0.717, 1.165) is 11.1 Å². The summed E-state index contributed by atoms with van der Waals surface area (Å²) in [6.45, 7) is 7.62. The molecular weight excluding hydrogens is 356 g/mol. The van der Waals surface area contributed by atoms with Crippen LogP contribution in [-0.4, -0.2) is 30.3 Å². The Bertz CT molecular complexity index is 767. The van der Waals surface area contributed by atoms with Gasteiger partial charge >= 0.3 is 6.09 Å². The molecule has 2 amide bonds. The van der Waals surface area contributed by atoms with Crippen molar-refractivity contribution in [3.63, 3.8) is 0 Å². The van der Waals surface area contributed by atoms with E-state index in [1.54, 1.807) is 20.8 Å². The summed E-state index contributed by atoms with van der Waals surface area (Å²) in [5.41, 5.74) is 2.06. The first-order chi connectivity index (χ1) is 13.2. The Morgan fingerprint density at radius 2 is 1.64 bits per heavy atom. The van der Waals surface area contributed by atoms with Crippen LogP contribution in [0.5, 0.6) is 0 Å². The molecule has 0 fully saturated rings. The molecule has 28 heavy (non-hydrogen) atoms. The van der Waals surface area contributed by atoms with Gasteiger partial charge in [-0.05, 0) is 45.4 Å². The first-order valence-electron chi connectivity index (χ1n) is 9.22. The molecule has 0 spiro atoms. The fraction of sp³-hybridized carbons (Fsp3) is 0.364. The number of ether oxygens (including phenoxy) is 2. The minimum atomic E-state index is -0.889. The van der Waals surface area contributed by atoms with Crippen LogP contribution in [0.2, 0.25) is 0 Å². The van der Waals surface area contributed by atoms with Gasteiger partial charge in [0.15, 0.2) is 0 Å². The Morgan fingerprint density at radius 3 is 2.25 bits per heavy atom. The predicted molar refractivity (Wildman–Crippen MR) is 109 cm³/mol. The first kappa shape index (κ1) is 21.4. The molecule has 1 atom stereocenters. The Labute approximate surface area is 166 Å². The Balaban J connectivity index is 2.00. The average molecular weight is 384 g/mol. The molecule has 0 aromatic heterocycles. The molecule has 150 valence electrons. The van der Waals surface area contributed by atoms with Gasteiger partial charge in [-0.15, -0.1) is 0 Å². The second kappa shape index (κ2) is 9.90. The van der Waals surface area contributed by atoms with Gasteiger partial charge in [0, 0.05) is 5.69 Å². The second-order valence-electron chi connectivity index (χ2n) is 7.55. The van der Waals surface area contributed by atoms with Crippen molar-refractivity contribution in [1.29, 1.82) is 0 Å².